The number of hydrogen-bond donors (Lipinski definition) is 2. The lowest BCUT2D eigenvalue weighted by atomic mass is 10.2. The third kappa shape index (κ3) is 3.42. The first kappa shape index (κ1) is 14.6. The van der Waals surface area contributed by atoms with Crippen LogP contribution in [-0.4, -0.2) is 11.8 Å². The number of anilines is 2. The van der Waals surface area contributed by atoms with E-state index in [-0.39, 0.29) is 0 Å². The van der Waals surface area contributed by atoms with Gasteiger partial charge in [-0.2, -0.15) is 0 Å². The maximum absolute atomic E-state index is 13.4. The summed E-state index contributed by atoms with van der Waals surface area (Å²) in [6.07, 6.45) is 0. The van der Waals surface area contributed by atoms with Gasteiger partial charge in [-0.15, -0.1) is 0 Å². The molecule has 0 radical (unpaired) electrons. The van der Waals surface area contributed by atoms with Crippen LogP contribution in [0.1, 0.15) is 5.56 Å². The number of benzene rings is 2. The summed E-state index contributed by atoms with van der Waals surface area (Å²) in [4.78, 5) is 23.4. The van der Waals surface area contributed by atoms with Crippen molar-refractivity contribution in [3.63, 3.8) is 0 Å². The van der Waals surface area contributed by atoms with Crippen molar-refractivity contribution in [3.05, 3.63) is 59.7 Å². The normalized spacial score (nSPS) is 10.0. The van der Waals surface area contributed by atoms with Crippen molar-refractivity contribution in [2.24, 2.45) is 0 Å². The van der Waals surface area contributed by atoms with Crippen LogP contribution >= 0.6 is 0 Å². The molecule has 2 amide bonds. The summed E-state index contributed by atoms with van der Waals surface area (Å²) in [5, 5.41) is 4.29. The van der Waals surface area contributed by atoms with Crippen LogP contribution in [0.3, 0.4) is 0 Å². The minimum absolute atomic E-state index is 0.451. The number of hydrogen-bond acceptors (Lipinski definition) is 2. The zero-order chi connectivity index (χ0) is 15.4. The summed E-state index contributed by atoms with van der Waals surface area (Å²) in [5.74, 6) is -4.06. The van der Waals surface area contributed by atoms with Crippen molar-refractivity contribution in [3.8, 4) is 0 Å². The highest BCUT2D eigenvalue weighted by Crippen LogP contribution is 2.18. The molecule has 0 saturated heterocycles. The Bertz CT molecular complexity index is 682. The SMILES string of the molecule is Cc1ccccc1NC(=O)C(=O)Nc1c(F)cccc1F. The van der Waals surface area contributed by atoms with Gasteiger partial charge in [0, 0.05) is 5.69 Å². The second-order valence-electron chi connectivity index (χ2n) is 4.32. The number of halogens is 2. The standard InChI is InChI=1S/C15H12F2N2O2/c1-9-5-2-3-8-12(9)18-14(20)15(21)19-13-10(16)6-4-7-11(13)17/h2-8H,1H3,(H,18,20)(H,19,21). The number of rotatable bonds is 2. The van der Waals surface area contributed by atoms with E-state index in [0.717, 1.165) is 23.8 Å². The van der Waals surface area contributed by atoms with E-state index < -0.39 is 29.1 Å². The van der Waals surface area contributed by atoms with Crippen LogP contribution in [0.4, 0.5) is 20.2 Å². The van der Waals surface area contributed by atoms with E-state index in [9.17, 15) is 18.4 Å². The van der Waals surface area contributed by atoms with E-state index in [1.165, 1.54) is 0 Å². The number of carbonyl (C=O) groups excluding carboxylic acids is 2. The summed E-state index contributed by atoms with van der Waals surface area (Å²) < 4.78 is 26.8. The summed E-state index contributed by atoms with van der Waals surface area (Å²) in [5.41, 5.74) is 0.560. The summed E-state index contributed by atoms with van der Waals surface area (Å²) in [6, 6.07) is 9.97. The Morgan fingerprint density at radius 1 is 0.857 bits per heavy atom. The number of para-hydroxylation sites is 2. The second kappa shape index (κ2) is 6.13. The molecule has 4 nitrogen and oxygen atoms in total. The molecule has 0 aliphatic rings. The Hall–Kier alpha value is -2.76. The van der Waals surface area contributed by atoms with Crippen molar-refractivity contribution >= 4 is 23.2 Å². The monoisotopic (exact) mass is 290 g/mol. The number of carbonyl (C=O) groups is 2. The molecule has 2 aromatic carbocycles. The summed E-state index contributed by atoms with van der Waals surface area (Å²) >= 11 is 0. The summed E-state index contributed by atoms with van der Waals surface area (Å²) in [6.45, 7) is 1.75. The maximum Gasteiger partial charge on any atom is 0.314 e. The molecule has 0 saturated carbocycles. The van der Waals surface area contributed by atoms with E-state index in [0.29, 0.717) is 5.69 Å². The van der Waals surface area contributed by atoms with Gasteiger partial charge in [0.05, 0.1) is 0 Å². The topological polar surface area (TPSA) is 58.2 Å². The first-order chi connectivity index (χ1) is 9.99. The van der Waals surface area contributed by atoms with Crippen molar-refractivity contribution in [2.45, 2.75) is 6.92 Å². The molecule has 0 aliphatic heterocycles. The van der Waals surface area contributed by atoms with Gasteiger partial charge in [0.25, 0.3) is 0 Å². The van der Waals surface area contributed by atoms with Crippen LogP contribution in [0.25, 0.3) is 0 Å². The highest BCUT2D eigenvalue weighted by atomic mass is 19.1. The van der Waals surface area contributed by atoms with Gasteiger partial charge in [0.2, 0.25) is 0 Å². The summed E-state index contributed by atoms with van der Waals surface area (Å²) in [7, 11) is 0. The van der Waals surface area contributed by atoms with Gasteiger partial charge in [-0.3, -0.25) is 9.59 Å². The predicted molar refractivity (Wildman–Crippen MR) is 74.8 cm³/mol. The fourth-order valence-electron chi connectivity index (χ4n) is 1.68. The Labute approximate surface area is 119 Å². The van der Waals surface area contributed by atoms with Gasteiger partial charge in [0.1, 0.15) is 17.3 Å². The molecule has 0 aromatic heterocycles. The van der Waals surface area contributed by atoms with E-state index in [1.807, 2.05) is 5.32 Å². The zero-order valence-corrected chi connectivity index (χ0v) is 11.1. The van der Waals surface area contributed by atoms with E-state index in [4.69, 9.17) is 0 Å². The van der Waals surface area contributed by atoms with Gasteiger partial charge in [0.15, 0.2) is 0 Å². The zero-order valence-electron chi connectivity index (χ0n) is 11.1. The van der Waals surface area contributed by atoms with Gasteiger partial charge in [-0.25, -0.2) is 8.78 Å². The highest BCUT2D eigenvalue weighted by molar-refractivity contribution is 6.43. The molecule has 0 heterocycles. The lowest BCUT2D eigenvalue weighted by molar-refractivity contribution is -0.133. The molecule has 108 valence electrons. The third-order valence-corrected chi connectivity index (χ3v) is 2.80. The Kier molecular flexibility index (Phi) is 4.27. The quantitative estimate of drug-likeness (QED) is 0.836. The van der Waals surface area contributed by atoms with Crippen molar-refractivity contribution in [1.82, 2.24) is 0 Å². The highest BCUT2D eigenvalue weighted by Gasteiger charge is 2.18. The number of aryl methyl sites for hydroxylation is 1. The molecule has 2 rings (SSSR count). The first-order valence-corrected chi connectivity index (χ1v) is 6.11. The van der Waals surface area contributed by atoms with Crippen molar-refractivity contribution in [2.75, 3.05) is 10.6 Å². The van der Waals surface area contributed by atoms with Gasteiger partial charge >= 0.3 is 11.8 Å². The average molecular weight is 290 g/mol. The van der Waals surface area contributed by atoms with Crippen LogP contribution in [-0.2, 0) is 9.59 Å². The van der Waals surface area contributed by atoms with E-state index >= 15 is 0 Å². The molecule has 0 atom stereocenters. The minimum atomic E-state index is -1.15. The molecule has 6 heteroatoms. The number of nitrogens with one attached hydrogen (secondary N) is 2. The molecular formula is C15H12F2N2O2. The van der Waals surface area contributed by atoms with Gasteiger partial charge in [-0.1, -0.05) is 24.3 Å². The Morgan fingerprint density at radius 3 is 2.05 bits per heavy atom. The minimum Gasteiger partial charge on any atom is -0.318 e. The lowest BCUT2D eigenvalue weighted by Gasteiger charge is -2.09. The molecular weight excluding hydrogens is 278 g/mol. The predicted octanol–water partition coefficient (Wildman–Crippen LogP) is 2.85. The second-order valence-corrected chi connectivity index (χ2v) is 4.32. The number of amides is 2. The fourth-order valence-corrected chi connectivity index (χ4v) is 1.68. The smallest absolute Gasteiger partial charge is 0.314 e. The van der Waals surface area contributed by atoms with Crippen molar-refractivity contribution in [1.29, 1.82) is 0 Å². The van der Waals surface area contributed by atoms with Crippen LogP contribution in [0.2, 0.25) is 0 Å². The first-order valence-electron chi connectivity index (χ1n) is 6.11. The third-order valence-electron chi connectivity index (χ3n) is 2.80. The van der Waals surface area contributed by atoms with Gasteiger partial charge < -0.3 is 10.6 Å². The van der Waals surface area contributed by atoms with E-state index in [2.05, 4.69) is 5.32 Å². The van der Waals surface area contributed by atoms with E-state index in [1.54, 1.807) is 31.2 Å². The fraction of sp³-hybridized carbons (Fsp3) is 0.0667. The molecule has 0 spiro atoms. The van der Waals surface area contributed by atoms with Gasteiger partial charge in [-0.05, 0) is 30.7 Å². The molecule has 0 unspecified atom stereocenters. The largest absolute Gasteiger partial charge is 0.318 e. The average Bonchev–Trinajstić information content (AvgIpc) is 2.45. The molecule has 2 N–H and O–H groups in total. The van der Waals surface area contributed by atoms with Crippen molar-refractivity contribution < 1.29 is 18.4 Å². The molecule has 0 bridgehead atoms. The van der Waals surface area contributed by atoms with Crippen LogP contribution in [0, 0.1) is 18.6 Å². The molecule has 0 aliphatic carbocycles. The van der Waals surface area contributed by atoms with Crippen LogP contribution < -0.4 is 10.6 Å². The van der Waals surface area contributed by atoms with Crippen LogP contribution in [0.5, 0.6) is 0 Å². The Morgan fingerprint density at radius 2 is 1.43 bits per heavy atom. The lowest BCUT2D eigenvalue weighted by Crippen LogP contribution is -2.30. The molecule has 21 heavy (non-hydrogen) atoms. The Balaban J connectivity index is 2.10. The maximum atomic E-state index is 13.4. The molecule has 0 fully saturated rings. The van der Waals surface area contributed by atoms with Crippen LogP contribution in [0.15, 0.2) is 42.5 Å². The molecule has 2 aromatic rings.